The van der Waals surface area contributed by atoms with Crippen LogP contribution in [0.5, 0.6) is 5.75 Å². The Kier molecular flexibility index (Phi) is 3.76. The Morgan fingerprint density at radius 2 is 2.26 bits per heavy atom. The lowest BCUT2D eigenvalue weighted by Gasteiger charge is -2.33. The first-order valence-corrected chi connectivity index (χ1v) is 7.32. The molecular weight excluding hydrogens is 238 g/mol. The zero-order valence-electron chi connectivity index (χ0n) is 11.6. The van der Waals surface area contributed by atoms with Crippen molar-refractivity contribution in [2.45, 2.75) is 31.7 Å². The predicted molar refractivity (Wildman–Crippen MR) is 75.3 cm³/mol. The topological polar surface area (TPSA) is 32.7 Å². The summed E-state index contributed by atoms with van der Waals surface area (Å²) in [5, 5.41) is 9.75. The normalized spacial score (nSPS) is 27.4. The molecule has 0 spiro atoms. The molecule has 0 bridgehead atoms. The lowest BCUT2D eigenvalue weighted by atomic mass is 9.86. The molecule has 1 saturated heterocycles. The van der Waals surface area contributed by atoms with Crippen LogP contribution < -0.4 is 0 Å². The monoisotopic (exact) mass is 261 g/mol. The minimum absolute atomic E-state index is 0.401. The zero-order chi connectivity index (χ0) is 13.2. The second kappa shape index (κ2) is 5.51. The second-order valence-electron chi connectivity index (χ2n) is 5.90. The molecule has 1 heterocycles. The number of phenols is 1. The van der Waals surface area contributed by atoms with Crippen molar-refractivity contribution in [3.8, 4) is 5.75 Å². The van der Waals surface area contributed by atoms with E-state index >= 15 is 0 Å². The quantitative estimate of drug-likeness (QED) is 0.908. The highest BCUT2D eigenvalue weighted by molar-refractivity contribution is 5.38. The van der Waals surface area contributed by atoms with E-state index in [-0.39, 0.29) is 0 Å². The zero-order valence-corrected chi connectivity index (χ0v) is 11.6. The van der Waals surface area contributed by atoms with Crippen molar-refractivity contribution in [1.29, 1.82) is 0 Å². The third-order valence-corrected chi connectivity index (χ3v) is 4.57. The smallest absolute Gasteiger partial charge is 0.115 e. The molecule has 0 amide bonds. The van der Waals surface area contributed by atoms with Crippen LogP contribution in [0.2, 0.25) is 0 Å². The third kappa shape index (κ3) is 2.63. The van der Waals surface area contributed by atoms with Gasteiger partial charge in [0.25, 0.3) is 0 Å². The Morgan fingerprint density at radius 3 is 3.11 bits per heavy atom. The summed E-state index contributed by atoms with van der Waals surface area (Å²) < 4.78 is 5.28. The summed E-state index contributed by atoms with van der Waals surface area (Å²) in [7, 11) is 1.79. The maximum absolute atomic E-state index is 9.75. The maximum atomic E-state index is 9.75. The Hall–Kier alpha value is -1.06. The van der Waals surface area contributed by atoms with Gasteiger partial charge >= 0.3 is 0 Å². The van der Waals surface area contributed by atoms with E-state index in [1.807, 2.05) is 12.1 Å². The molecule has 1 aliphatic heterocycles. The van der Waals surface area contributed by atoms with Gasteiger partial charge in [0.15, 0.2) is 0 Å². The Balaban J connectivity index is 1.78. The molecule has 1 aliphatic carbocycles. The number of benzene rings is 1. The fourth-order valence-electron chi connectivity index (χ4n) is 3.66. The number of ether oxygens (including phenoxy) is 1. The van der Waals surface area contributed by atoms with Crippen molar-refractivity contribution in [2.24, 2.45) is 5.92 Å². The lowest BCUT2D eigenvalue weighted by molar-refractivity contribution is 0.144. The number of hydrogen-bond donors (Lipinski definition) is 1. The number of fused-ring (bicyclic) bond motifs is 1. The number of aromatic hydroxyl groups is 1. The van der Waals surface area contributed by atoms with Gasteiger partial charge < -0.3 is 9.84 Å². The summed E-state index contributed by atoms with van der Waals surface area (Å²) >= 11 is 0. The van der Waals surface area contributed by atoms with Gasteiger partial charge in [0.1, 0.15) is 5.75 Å². The first kappa shape index (κ1) is 12.9. The molecular formula is C16H23NO2. The van der Waals surface area contributed by atoms with Crippen molar-refractivity contribution in [1.82, 2.24) is 4.90 Å². The maximum Gasteiger partial charge on any atom is 0.115 e. The highest BCUT2D eigenvalue weighted by atomic mass is 16.5. The van der Waals surface area contributed by atoms with Crippen molar-refractivity contribution < 1.29 is 9.84 Å². The van der Waals surface area contributed by atoms with Gasteiger partial charge in [0, 0.05) is 19.7 Å². The summed E-state index contributed by atoms with van der Waals surface area (Å²) in [6.07, 6.45) is 4.87. The summed E-state index contributed by atoms with van der Waals surface area (Å²) in [4.78, 5) is 2.58. The van der Waals surface area contributed by atoms with Crippen LogP contribution in [0.3, 0.4) is 0 Å². The largest absolute Gasteiger partial charge is 0.508 e. The standard InChI is InChI=1S/C16H23NO2/c1-19-11-12-7-8-17(10-12)16-4-2-3-13-5-6-14(18)9-15(13)16/h5-6,9,12,16,18H,2-4,7-8,10-11H2,1H3. The van der Waals surface area contributed by atoms with Crippen molar-refractivity contribution in [3.05, 3.63) is 29.3 Å². The molecule has 0 saturated carbocycles. The van der Waals surface area contributed by atoms with Gasteiger partial charge in [-0.15, -0.1) is 0 Å². The molecule has 1 N–H and O–H groups in total. The van der Waals surface area contributed by atoms with Gasteiger partial charge in [-0.3, -0.25) is 4.90 Å². The Labute approximate surface area is 115 Å². The number of hydrogen-bond acceptors (Lipinski definition) is 3. The number of phenolic OH excluding ortho intramolecular Hbond substituents is 1. The van der Waals surface area contributed by atoms with E-state index in [0.717, 1.165) is 26.1 Å². The molecule has 3 heteroatoms. The molecule has 3 rings (SSSR count). The SMILES string of the molecule is COCC1CCN(C2CCCc3ccc(O)cc32)C1. The number of rotatable bonds is 3. The van der Waals surface area contributed by atoms with E-state index in [2.05, 4.69) is 11.0 Å². The first-order chi connectivity index (χ1) is 9.28. The van der Waals surface area contributed by atoms with Crippen LogP contribution in [0.1, 0.15) is 36.4 Å². The molecule has 2 aliphatic rings. The van der Waals surface area contributed by atoms with Crippen LogP contribution in [0.4, 0.5) is 0 Å². The molecule has 2 unspecified atom stereocenters. The third-order valence-electron chi connectivity index (χ3n) is 4.57. The van der Waals surface area contributed by atoms with Gasteiger partial charge in [0.2, 0.25) is 0 Å². The van der Waals surface area contributed by atoms with Crippen LogP contribution in [-0.4, -0.2) is 36.8 Å². The van der Waals surface area contributed by atoms with E-state index in [9.17, 15) is 5.11 Å². The van der Waals surface area contributed by atoms with Crippen molar-refractivity contribution in [3.63, 3.8) is 0 Å². The molecule has 1 fully saturated rings. The van der Waals surface area contributed by atoms with Gasteiger partial charge in [-0.25, -0.2) is 0 Å². The lowest BCUT2D eigenvalue weighted by Crippen LogP contribution is -2.30. The van der Waals surface area contributed by atoms with E-state index in [1.165, 1.54) is 30.4 Å². The average Bonchev–Trinajstić information content (AvgIpc) is 2.87. The average molecular weight is 261 g/mol. The molecule has 19 heavy (non-hydrogen) atoms. The van der Waals surface area contributed by atoms with E-state index in [4.69, 9.17) is 4.74 Å². The minimum Gasteiger partial charge on any atom is -0.508 e. The number of nitrogens with zero attached hydrogens (tertiary/aromatic N) is 1. The fraction of sp³-hybridized carbons (Fsp3) is 0.625. The van der Waals surface area contributed by atoms with E-state index in [0.29, 0.717) is 17.7 Å². The van der Waals surface area contributed by atoms with Crippen LogP contribution >= 0.6 is 0 Å². The van der Waals surface area contributed by atoms with E-state index < -0.39 is 0 Å². The Bertz CT molecular complexity index is 446. The molecule has 1 aromatic rings. The molecule has 0 radical (unpaired) electrons. The molecule has 0 aromatic heterocycles. The summed E-state index contributed by atoms with van der Waals surface area (Å²) in [6.45, 7) is 3.16. The minimum atomic E-state index is 0.401. The summed E-state index contributed by atoms with van der Waals surface area (Å²) in [5.41, 5.74) is 2.77. The van der Waals surface area contributed by atoms with Crippen LogP contribution in [0.25, 0.3) is 0 Å². The Morgan fingerprint density at radius 1 is 1.37 bits per heavy atom. The number of aryl methyl sites for hydroxylation is 1. The van der Waals surface area contributed by atoms with Crippen molar-refractivity contribution in [2.75, 3.05) is 26.8 Å². The molecule has 1 aromatic carbocycles. The second-order valence-corrected chi connectivity index (χ2v) is 5.90. The molecule has 2 atom stereocenters. The van der Waals surface area contributed by atoms with Gasteiger partial charge in [-0.2, -0.15) is 0 Å². The number of likely N-dealkylation sites (tertiary alicyclic amines) is 1. The highest BCUT2D eigenvalue weighted by Gasteiger charge is 2.31. The highest BCUT2D eigenvalue weighted by Crippen LogP contribution is 2.38. The van der Waals surface area contributed by atoms with Crippen LogP contribution in [-0.2, 0) is 11.2 Å². The van der Waals surface area contributed by atoms with Crippen molar-refractivity contribution >= 4 is 0 Å². The van der Waals surface area contributed by atoms with Gasteiger partial charge in [-0.05, 0) is 61.4 Å². The van der Waals surface area contributed by atoms with Crippen LogP contribution in [0, 0.1) is 5.92 Å². The molecule has 3 nitrogen and oxygen atoms in total. The predicted octanol–water partition coefficient (Wildman–Crippen LogP) is 2.74. The summed E-state index contributed by atoms with van der Waals surface area (Å²) in [6, 6.07) is 6.39. The summed E-state index contributed by atoms with van der Waals surface area (Å²) in [5.74, 6) is 1.07. The fourth-order valence-corrected chi connectivity index (χ4v) is 3.66. The van der Waals surface area contributed by atoms with E-state index in [1.54, 1.807) is 7.11 Å². The van der Waals surface area contributed by atoms with Gasteiger partial charge in [0.05, 0.1) is 6.61 Å². The first-order valence-electron chi connectivity index (χ1n) is 7.32. The van der Waals surface area contributed by atoms with Crippen LogP contribution in [0.15, 0.2) is 18.2 Å². The number of methoxy groups -OCH3 is 1. The van der Waals surface area contributed by atoms with Gasteiger partial charge in [-0.1, -0.05) is 6.07 Å². The molecule has 104 valence electrons.